The van der Waals surface area contributed by atoms with E-state index in [2.05, 4.69) is 26.0 Å². The van der Waals surface area contributed by atoms with E-state index in [9.17, 15) is 0 Å². The zero-order valence-electron chi connectivity index (χ0n) is 9.94. The summed E-state index contributed by atoms with van der Waals surface area (Å²) in [5, 5.41) is 1.14. The maximum atomic E-state index is 6.19. The topological polar surface area (TPSA) is 39.2 Å². The molecule has 2 unspecified atom stereocenters. The maximum absolute atomic E-state index is 6.19. The van der Waals surface area contributed by atoms with Gasteiger partial charge in [0.05, 0.1) is 6.04 Å². The Balaban J connectivity index is 2.26. The van der Waals surface area contributed by atoms with E-state index in [-0.39, 0.29) is 6.04 Å². The average molecular weight is 217 g/mol. The predicted molar refractivity (Wildman–Crippen MR) is 67.2 cm³/mol. The normalized spacial score (nSPS) is 15.2. The van der Waals surface area contributed by atoms with Crippen molar-refractivity contribution in [2.45, 2.75) is 32.7 Å². The van der Waals surface area contributed by atoms with Crippen LogP contribution in [0.1, 0.15) is 38.5 Å². The Hall–Kier alpha value is -1.28. The summed E-state index contributed by atoms with van der Waals surface area (Å²) in [6, 6.07) is 10.1. The van der Waals surface area contributed by atoms with Gasteiger partial charge in [-0.15, -0.1) is 0 Å². The molecule has 0 saturated carbocycles. The van der Waals surface area contributed by atoms with Crippen molar-refractivity contribution < 1.29 is 4.42 Å². The largest absolute Gasteiger partial charge is 0.459 e. The van der Waals surface area contributed by atoms with Crippen molar-refractivity contribution in [2.75, 3.05) is 0 Å². The summed E-state index contributed by atoms with van der Waals surface area (Å²) in [6.45, 7) is 4.36. The molecule has 0 aliphatic carbocycles. The number of hydrogen-bond donors (Lipinski definition) is 1. The molecule has 86 valence electrons. The van der Waals surface area contributed by atoms with Crippen LogP contribution in [0.25, 0.3) is 11.0 Å². The molecule has 2 nitrogen and oxygen atoms in total. The van der Waals surface area contributed by atoms with Crippen molar-refractivity contribution in [1.29, 1.82) is 0 Å². The fourth-order valence-electron chi connectivity index (χ4n) is 2.08. The van der Waals surface area contributed by atoms with Crippen LogP contribution >= 0.6 is 0 Å². The highest BCUT2D eigenvalue weighted by Gasteiger charge is 2.17. The van der Waals surface area contributed by atoms with Gasteiger partial charge in [-0.3, -0.25) is 0 Å². The lowest BCUT2D eigenvalue weighted by atomic mass is 9.96. The minimum absolute atomic E-state index is 0.00681. The van der Waals surface area contributed by atoms with Crippen molar-refractivity contribution in [3.63, 3.8) is 0 Å². The van der Waals surface area contributed by atoms with E-state index in [1.807, 2.05) is 18.2 Å². The molecule has 0 aliphatic heterocycles. The van der Waals surface area contributed by atoms with Gasteiger partial charge in [0.15, 0.2) is 0 Å². The lowest BCUT2D eigenvalue weighted by Gasteiger charge is -2.16. The minimum Gasteiger partial charge on any atom is -0.459 e. The van der Waals surface area contributed by atoms with Gasteiger partial charge >= 0.3 is 0 Å². The summed E-state index contributed by atoms with van der Waals surface area (Å²) >= 11 is 0. The molecule has 1 aromatic heterocycles. The lowest BCUT2D eigenvalue weighted by Crippen LogP contribution is -2.18. The number of para-hydroxylation sites is 1. The van der Waals surface area contributed by atoms with Gasteiger partial charge in [-0.25, -0.2) is 0 Å². The summed E-state index contributed by atoms with van der Waals surface area (Å²) in [6.07, 6.45) is 2.30. The van der Waals surface area contributed by atoms with Gasteiger partial charge in [-0.2, -0.15) is 0 Å². The Morgan fingerprint density at radius 3 is 2.75 bits per heavy atom. The zero-order valence-corrected chi connectivity index (χ0v) is 9.94. The van der Waals surface area contributed by atoms with Crippen molar-refractivity contribution in [3.8, 4) is 0 Å². The van der Waals surface area contributed by atoms with Crippen molar-refractivity contribution in [2.24, 2.45) is 11.7 Å². The molecule has 2 aromatic rings. The first-order valence-electron chi connectivity index (χ1n) is 5.96. The summed E-state index contributed by atoms with van der Waals surface area (Å²) in [4.78, 5) is 0. The molecule has 2 heteroatoms. The Morgan fingerprint density at radius 1 is 1.31 bits per heavy atom. The molecule has 0 fully saturated rings. The number of benzene rings is 1. The van der Waals surface area contributed by atoms with Crippen LogP contribution in [0.4, 0.5) is 0 Å². The third-order valence-electron chi connectivity index (χ3n) is 3.13. The second-order valence-corrected chi connectivity index (χ2v) is 4.48. The second-order valence-electron chi connectivity index (χ2n) is 4.48. The van der Waals surface area contributed by atoms with Crippen LogP contribution in [0.3, 0.4) is 0 Å². The Morgan fingerprint density at radius 2 is 2.06 bits per heavy atom. The van der Waals surface area contributed by atoms with Crippen LogP contribution in [0.5, 0.6) is 0 Å². The average Bonchev–Trinajstić information content (AvgIpc) is 2.71. The molecule has 0 aliphatic rings. The molecule has 0 spiro atoms. The first-order chi connectivity index (χ1) is 7.72. The Labute approximate surface area is 96.4 Å². The first kappa shape index (κ1) is 11.2. The molecule has 0 radical (unpaired) electrons. The van der Waals surface area contributed by atoms with Gasteiger partial charge in [0, 0.05) is 5.39 Å². The number of fused-ring (bicyclic) bond motifs is 1. The standard InChI is InChI=1S/C14H19NO/c1-3-6-10(2)14(15)13-9-11-7-4-5-8-12(11)16-13/h4-5,7-10,14H,3,6,15H2,1-2H3. The van der Waals surface area contributed by atoms with Crippen molar-refractivity contribution in [1.82, 2.24) is 0 Å². The van der Waals surface area contributed by atoms with E-state index < -0.39 is 0 Å². The predicted octanol–water partition coefficient (Wildman–Crippen LogP) is 3.87. The van der Waals surface area contributed by atoms with Crippen LogP contribution in [-0.2, 0) is 0 Å². The fourth-order valence-corrected chi connectivity index (χ4v) is 2.08. The summed E-state index contributed by atoms with van der Waals surface area (Å²) in [5.74, 6) is 1.37. The highest BCUT2D eigenvalue weighted by Crippen LogP contribution is 2.28. The fraction of sp³-hybridized carbons (Fsp3) is 0.429. The van der Waals surface area contributed by atoms with E-state index >= 15 is 0 Å². The number of furan rings is 1. The third kappa shape index (κ3) is 2.12. The lowest BCUT2D eigenvalue weighted by molar-refractivity contribution is 0.375. The molecule has 0 saturated heterocycles. The van der Waals surface area contributed by atoms with Gasteiger partial charge in [0.1, 0.15) is 11.3 Å². The molecule has 0 bridgehead atoms. The Bertz CT molecular complexity index is 427. The quantitative estimate of drug-likeness (QED) is 0.844. The number of nitrogens with two attached hydrogens (primary N) is 1. The van der Waals surface area contributed by atoms with Crippen LogP contribution < -0.4 is 5.73 Å². The van der Waals surface area contributed by atoms with Crippen LogP contribution in [0.15, 0.2) is 34.7 Å². The molecule has 16 heavy (non-hydrogen) atoms. The third-order valence-corrected chi connectivity index (χ3v) is 3.13. The maximum Gasteiger partial charge on any atom is 0.134 e. The minimum atomic E-state index is 0.00681. The SMILES string of the molecule is CCCC(C)C(N)c1cc2ccccc2o1. The molecular weight excluding hydrogens is 198 g/mol. The molecule has 2 rings (SSSR count). The highest BCUT2D eigenvalue weighted by molar-refractivity contribution is 5.77. The van der Waals surface area contributed by atoms with E-state index in [0.717, 1.165) is 29.6 Å². The van der Waals surface area contributed by atoms with Crippen molar-refractivity contribution in [3.05, 3.63) is 36.1 Å². The molecule has 1 aromatic carbocycles. The molecule has 0 amide bonds. The summed E-state index contributed by atoms with van der Waals surface area (Å²) < 4.78 is 5.77. The molecule has 2 atom stereocenters. The smallest absolute Gasteiger partial charge is 0.134 e. The number of rotatable bonds is 4. The first-order valence-corrected chi connectivity index (χ1v) is 5.96. The molecular formula is C14H19NO. The van der Waals surface area contributed by atoms with E-state index in [0.29, 0.717) is 5.92 Å². The monoisotopic (exact) mass is 217 g/mol. The summed E-state index contributed by atoms with van der Waals surface area (Å²) in [7, 11) is 0. The van der Waals surface area contributed by atoms with E-state index in [1.165, 1.54) is 0 Å². The molecule has 1 heterocycles. The van der Waals surface area contributed by atoms with Gasteiger partial charge in [-0.05, 0) is 24.5 Å². The molecule has 2 N–H and O–H groups in total. The zero-order chi connectivity index (χ0) is 11.5. The van der Waals surface area contributed by atoms with E-state index in [4.69, 9.17) is 10.2 Å². The second kappa shape index (κ2) is 4.71. The van der Waals surface area contributed by atoms with E-state index in [1.54, 1.807) is 0 Å². The van der Waals surface area contributed by atoms with Crippen LogP contribution in [0, 0.1) is 5.92 Å². The highest BCUT2D eigenvalue weighted by atomic mass is 16.3. The van der Waals surface area contributed by atoms with Gasteiger partial charge in [0.2, 0.25) is 0 Å². The Kier molecular flexibility index (Phi) is 3.30. The van der Waals surface area contributed by atoms with Gasteiger partial charge < -0.3 is 10.2 Å². The van der Waals surface area contributed by atoms with Crippen molar-refractivity contribution >= 4 is 11.0 Å². The van der Waals surface area contributed by atoms with Gasteiger partial charge in [0.25, 0.3) is 0 Å². The summed E-state index contributed by atoms with van der Waals surface area (Å²) in [5.41, 5.74) is 7.12. The number of hydrogen-bond acceptors (Lipinski definition) is 2. The van der Waals surface area contributed by atoms with Gasteiger partial charge in [-0.1, -0.05) is 38.5 Å². The van der Waals surface area contributed by atoms with Crippen LogP contribution in [-0.4, -0.2) is 0 Å². The van der Waals surface area contributed by atoms with Crippen LogP contribution in [0.2, 0.25) is 0 Å².